The van der Waals surface area contributed by atoms with Crippen molar-refractivity contribution in [2.45, 2.75) is 26.0 Å². The third-order valence-electron chi connectivity index (χ3n) is 5.24. The summed E-state index contributed by atoms with van der Waals surface area (Å²) in [5.74, 6) is -2.95. The predicted octanol–water partition coefficient (Wildman–Crippen LogP) is 5.08. The van der Waals surface area contributed by atoms with Crippen LogP contribution < -0.4 is 15.0 Å². The number of anilines is 2. The van der Waals surface area contributed by atoms with E-state index in [4.69, 9.17) is 4.74 Å². The van der Waals surface area contributed by atoms with Gasteiger partial charge in [0.1, 0.15) is 23.9 Å². The maximum Gasteiger partial charge on any atom is 0.292 e. The minimum atomic E-state index is -2.75. The smallest absolute Gasteiger partial charge is 0.292 e. The van der Waals surface area contributed by atoms with Gasteiger partial charge in [-0.15, -0.1) is 0 Å². The standard InChI is InChI=1S/C23H21F3N4O3/c1-15-2-4-17(27-10-15)12-33-19-6-7-22(30(31)32)21(9-19)28-11-16-3-5-18(8-20(16)24)29-13-23(25,26)14-29/h2-10,28H,11-14H2,1H3. The Morgan fingerprint density at radius 2 is 1.97 bits per heavy atom. The average Bonchev–Trinajstić information content (AvgIpc) is 2.76. The van der Waals surface area contributed by atoms with Crippen LogP contribution in [0.3, 0.4) is 0 Å². The summed E-state index contributed by atoms with van der Waals surface area (Å²) in [6.45, 7) is 1.18. The number of ether oxygens (including phenoxy) is 1. The molecule has 4 rings (SSSR count). The van der Waals surface area contributed by atoms with E-state index < -0.39 is 29.8 Å². The normalized spacial score (nSPS) is 14.5. The monoisotopic (exact) mass is 458 g/mol. The SMILES string of the molecule is Cc1ccc(COc2ccc([N+](=O)[O-])c(NCc3ccc(N4CC(F)(F)C4)cc3F)c2)nc1. The van der Waals surface area contributed by atoms with E-state index in [2.05, 4.69) is 10.3 Å². The molecule has 1 N–H and O–H groups in total. The lowest BCUT2D eigenvalue weighted by Crippen LogP contribution is -2.56. The molecule has 0 bridgehead atoms. The van der Waals surface area contributed by atoms with E-state index >= 15 is 0 Å². The first-order valence-electron chi connectivity index (χ1n) is 10.2. The summed E-state index contributed by atoms with van der Waals surface area (Å²) in [5, 5.41) is 14.3. The fourth-order valence-corrected chi connectivity index (χ4v) is 3.41. The number of halogens is 3. The number of nitro benzene ring substituents is 1. The van der Waals surface area contributed by atoms with E-state index in [9.17, 15) is 23.3 Å². The minimum Gasteiger partial charge on any atom is -0.487 e. The number of benzene rings is 2. The molecule has 1 saturated heterocycles. The lowest BCUT2D eigenvalue weighted by molar-refractivity contribution is -0.384. The van der Waals surface area contributed by atoms with Crippen LogP contribution in [0.5, 0.6) is 5.75 Å². The van der Waals surface area contributed by atoms with E-state index in [0.29, 0.717) is 17.1 Å². The molecule has 172 valence electrons. The lowest BCUT2D eigenvalue weighted by Gasteiger charge is -2.40. The number of rotatable bonds is 8. The molecular weight excluding hydrogens is 437 g/mol. The maximum atomic E-state index is 14.5. The Hall–Kier alpha value is -3.82. The summed E-state index contributed by atoms with van der Waals surface area (Å²) in [6, 6.07) is 12.2. The summed E-state index contributed by atoms with van der Waals surface area (Å²) >= 11 is 0. The van der Waals surface area contributed by atoms with Gasteiger partial charge < -0.3 is 15.0 Å². The molecule has 0 aliphatic carbocycles. The summed E-state index contributed by atoms with van der Waals surface area (Å²) < 4.78 is 46.3. The van der Waals surface area contributed by atoms with Gasteiger partial charge in [-0.05, 0) is 36.8 Å². The molecule has 1 aliphatic rings. The second kappa shape index (κ2) is 8.97. The second-order valence-electron chi connectivity index (χ2n) is 7.89. The van der Waals surface area contributed by atoms with Gasteiger partial charge in [0.25, 0.3) is 11.6 Å². The highest BCUT2D eigenvalue weighted by atomic mass is 19.3. The molecule has 0 unspecified atom stereocenters. The molecule has 1 aliphatic heterocycles. The van der Waals surface area contributed by atoms with Gasteiger partial charge in [-0.25, -0.2) is 13.2 Å². The zero-order valence-corrected chi connectivity index (χ0v) is 17.7. The third-order valence-corrected chi connectivity index (χ3v) is 5.24. The first-order chi connectivity index (χ1) is 15.7. The van der Waals surface area contributed by atoms with Crippen LogP contribution in [-0.4, -0.2) is 28.9 Å². The summed E-state index contributed by atoms with van der Waals surface area (Å²) in [7, 11) is 0. The number of alkyl halides is 2. The zero-order valence-electron chi connectivity index (χ0n) is 17.7. The van der Waals surface area contributed by atoms with Gasteiger partial charge in [-0.1, -0.05) is 12.1 Å². The van der Waals surface area contributed by atoms with Crippen molar-refractivity contribution >= 4 is 17.1 Å². The Balaban J connectivity index is 1.44. The molecule has 0 saturated carbocycles. The highest BCUT2D eigenvalue weighted by molar-refractivity contribution is 5.64. The molecule has 1 aromatic heterocycles. The number of hydrogen-bond donors (Lipinski definition) is 1. The number of pyridine rings is 1. The fraction of sp³-hybridized carbons (Fsp3) is 0.261. The predicted molar refractivity (Wildman–Crippen MR) is 117 cm³/mol. The van der Waals surface area contributed by atoms with Gasteiger partial charge in [0.2, 0.25) is 0 Å². The van der Waals surface area contributed by atoms with E-state index in [1.54, 1.807) is 12.3 Å². The Kier molecular flexibility index (Phi) is 6.08. The highest BCUT2D eigenvalue weighted by Crippen LogP contribution is 2.33. The minimum absolute atomic E-state index is 0.0356. The first-order valence-corrected chi connectivity index (χ1v) is 10.2. The molecule has 0 amide bonds. The molecule has 3 aromatic rings. The first kappa shape index (κ1) is 22.4. The molecular formula is C23H21F3N4O3. The van der Waals surface area contributed by atoms with Gasteiger partial charge in [0.15, 0.2) is 0 Å². The van der Waals surface area contributed by atoms with Crippen LogP contribution in [0.1, 0.15) is 16.8 Å². The van der Waals surface area contributed by atoms with Gasteiger partial charge >= 0.3 is 0 Å². The third kappa shape index (κ3) is 5.33. The molecule has 10 heteroatoms. The summed E-state index contributed by atoms with van der Waals surface area (Å²) in [4.78, 5) is 16.5. The van der Waals surface area contributed by atoms with Gasteiger partial charge in [0, 0.05) is 36.1 Å². The van der Waals surface area contributed by atoms with Crippen molar-refractivity contribution in [3.63, 3.8) is 0 Å². The number of nitro groups is 1. The molecule has 2 heterocycles. The maximum absolute atomic E-state index is 14.5. The van der Waals surface area contributed by atoms with Crippen molar-refractivity contribution in [2.75, 3.05) is 23.3 Å². The van der Waals surface area contributed by atoms with E-state index in [-0.39, 0.29) is 30.1 Å². The largest absolute Gasteiger partial charge is 0.487 e. The van der Waals surface area contributed by atoms with E-state index in [1.165, 1.54) is 35.2 Å². The summed E-state index contributed by atoms with van der Waals surface area (Å²) in [5.41, 5.74) is 2.32. The topological polar surface area (TPSA) is 80.5 Å². The quantitative estimate of drug-likeness (QED) is 0.374. The molecule has 0 radical (unpaired) electrons. The Bertz CT molecular complexity index is 1160. The number of nitrogens with one attached hydrogen (secondary N) is 1. The van der Waals surface area contributed by atoms with E-state index in [0.717, 1.165) is 5.56 Å². The average molecular weight is 458 g/mol. The van der Waals surface area contributed by atoms with E-state index in [1.807, 2.05) is 19.1 Å². The molecule has 33 heavy (non-hydrogen) atoms. The number of hydrogen-bond acceptors (Lipinski definition) is 6. The highest BCUT2D eigenvalue weighted by Gasteiger charge is 2.44. The molecule has 1 fully saturated rings. The van der Waals surface area contributed by atoms with Gasteiger partial charge in [-0.2, -0.15) is 0 Å². The van der Waals surface area contributed by atoms with Crippen LogP contribution in [0.2, 0.25) is 0 Å². The van der Waals surface area contributed by atoms with Gasteiger partial charge in [0.05, 0.1) is 23.7 Å². The van der Waals surface area contributed by atoms with Crippen LogP contribution in [0, 0.1) is 22.9 Å². The Labute approximate surface area is 188 Å². The number of nitrogens with zero attached hydrogens (tertiary/aromatic N) is 3. The van der Waals surface area contributed by atoms with Crippen molar-refractivity contribution in [1.29, 1.82) is 0 Å². The molecule has 0 spiro atoms. The number of aromatic nitrogens is 1. The second-order valence-corrected chi connectivity index (χ2v) is 7.89. The van der Waals surface area contributed by atoms with Crippen molar-refractivity contribution in [1.82, 2.24) is 4.98 Å². The lowest BCUT2D eigenvalue weighted by atomic mass is 10.1. The van der Waals surface area contributed by atoms with Crippen molar-refractivity contribution in [3.8, 4) is 5.75 Å². The fourth-order valence-electron chi connectivity index (χ4n) is 3.41. The number of aryl methyl sites for hydroxylation is 1. The molecule has 7 nitrogen and oxygen atoms in total. The van der Waals surface area contributed by atoms with Crippen molar-refractivity contribution in [2.24, 2.45) is 0 Å². The van der Waals surface area contributed by atoms with Gasteiger partial charge in [-0.3, -0.25) is 15.1 Å². The Morgan fingerprint density at radius 3 is 2.61 bits per heavy atom. The van der Waals surface area contributed by atoms with Crippen molar-refractivity contribution < 1.29 is 22.8 Å². The molecule has 2 aromatic carbocycles. The zero-order chi connectivity index (χ0) is 23.6. The van der Waals surface area contributed by atoms with Crippen LogP contribution >= 0.6 is 0 Å². The van der Waals surface area contributed by atoms with Crippen LogP contribution in [0.4, 0.5) is 30.2 Å². The summed E-state index contributed by atoms with van der Waals surface area (Å²) in [6.07, 6.45) is 1.72. The molecule has 0 atom stereocenters. The van der Waals surface area contributed by atoms with Crippen LogP contribution in [0.15, 0.2) is 54.7 Å². The van der Waals surface area contributed by atoms with Crippen LogP contribution in [0.25, 0.3) is 0 Å². The Morgan fingerprint density at radius 1 is 1.18 bits per heavy atom. The van der Waals surface area contributed by atoms with Crippen molar-refractivity contribution in [3.05, 3.63) is 87.5 Å². The van der Waals surface area contributed by atoms with Crippen LogP contribution in [-0.2, 0) is 13.2 Å².